The minimum absolute atomic E-state index is 0.149. The van der Waals surface area contributed by atoms with Crippen LogP contribution >= 0.6 is 0 Å². The van der Waals surface area contributed by atoms with E-state index in [4.69, 9.17) is 0 Å². The van der Waals surface area contributed by atoms with Gasteiger partial charge in [0, 0.05) is 25.6 Å². The van der Waals surface area contributed by atoms with Crippen molar-refractivity contribution >= 4 is 16.5 Å². The van der Waals surface area contributed by atoms with Crippen LogP contribution in [-0.2, 0) is 15.0 Å². The third kappa shape index (κ3) is 3.84. The molecular formula is C10H20N2O3S. The zero-order chi connectivity index (χ0) is 12.2. The molecule has 16 heavy (non-hydrogen) atoms. The lowest BCUT2D eigenvalue weighted by molar-refractivity contribution is -0.112. The quantitative estimate of drug-likeness (QED) is 0.716. The third-order valence-electron chi connectivity index (χ3n) is 2.63. The molecule has 1 fully saturated rings. The van der Waals surface area contributed by atoms with Crippen LogP contribution in [0.4, 0.5) is 0 Å². The Kier molecular flexibility index (Phi) is 4.89. The van der Waals surface area contributed by atoms with Crippen molar-refractivity contribution in [2.24, 2.45) is 11.8 Å². The lowest BCUT2D eigenvalue weighted by Crippen LogP contribution is -2.47. The molecule has 0 radical (unpaired) electrons. The highest BCUT2D eigenvalue weighted by Crippen LogP contribution is 2.16. The van der Waals surface area contributed by atoms with Gasteiger partial charge in [0.15, 0.2) is 0 Å². The van der Waals surface area contributed by atoms with Crippen LogP contribution in [0.1, 0.15) is 26.7 Å². The van der Waals surface area contributed by atoms with E-state index in [2.05, 4.69) is 4.72 Å². The van der Waals surface area contributed by atoms with Gasteiger partial charge in [-0.15, -0.1) is 0 Å². The SMILES string of the molecule is CC(C)CNS(=O)(=O)N1CCCC(C=O)C1. The molecule has 1 aliphatic heterocycles. The Labute approximate surface area is 97.4 Å². The number of piperidine rings is 1. The van der Waals surface area contributed by atoms with E-state index in [-0.39, 0.29) is 11.8 Å². The Bertz CT molecular complexity index is 327. The van der Waals surface area contributed by atoms with Crippen LogP contribution < -0.4 is 4.72 Å². The van der Waals surface area contributed by atoms with Crippen molar-refractivity contribution in [3.8, 4) is 0 Å². The Morgan fingerprint density at radius 2 is 2.19 bits per heavy atom. The highest BCUT2D eigenvalue weighted by Gasteiger charge is 2.28. The molecule has 1 heterocycles. The first kappa shape index (κ1) is 13.6. The summed E-state index contributed by atoms with van der Waals surface area (Å²) in [5.74, 6) is 0.130. The molecule has 1 aliphatic rings. The predicted molar refractivity (Wildman–Crippen MR) is 62.1 cm³/mol. The minimum atomic E-state index is -3.40. The second-order valence-electron chi connectivity index (χ2n) is 4.64. The standard InChI is InChI=1S/C10H20N2O3S/c1-9(2)6-11-16(14,15)12-5-3-4-10(7-12)8-13/h8-11H,3-7H2,1-2H3. The zero-order valence-corrected chi connectivity index (χ0v) is 10.7. The normalized spacial score (nSPS) is 23.6. The van der Waals surface area contributed by atoms with Crippen LogP contribution in [0.3, 0.4) is 0 Å². The maximum atomic E-state index is 11.9. The Morgan fingerprint density at radius 1 is 1.50 bits per heavy atom. The highest BCUT2D eigenvalue weighted by molar-refractivity contribution is 7.87. The van der Waals surface area contributed by atoms with Crippen molar-refractivity contribution < 1.29 is 13.2 Å². The van der Waals surface area contributed by atoms with E-state index in [1.807, 2.05) is 13.8 Å². The van der Waals surface area contributed by atoms with Gasteiger partial charge in [-0.1, -0.05) is 13.8 Å². The maximum absolute atomic E-state index is 11.9. The molecule has 1 atom stereocenters. The molecule has 1 unspecified atom stereocenters. The number of nitrogens with one attached hydrogen (secondary N) is 1. The largest absolute Gasteiger partial charge is 0.303 e. The number of carbonyl (C=O) groups excluding carboxylic acids is 1. The van der Waals surface area contributed by atoms with E-state index in [0.29, 0.717) is 19.6 Å². The predicted octanol–water partition coefficient (Wildman–Crippen LogP) is 0.388. The third-order valence-corrected chi connectivity index (χ3v) is 4.17. The van der Waals surface area contributed by atoms with Crippen LogP contribution in [0, 0.1) is 11.8 Å². The van der Waals surface area contributed by atoms with Gasteiger partial charge in [-0.25, -0.2) is 4.72 Å². The van der Waals surface area contributed by atoms with E-state index < -0.39 is 10.2 Å². The summed E-state index contributed by atoms with van der Waals surface area (Å²) in [5.41, 5.74) is 0. The van der Waals surface area contributed by atoms with Crippen molar-refractivity contribution in [1.82, 2.24) is 9.03 Å². The van der Waals surface area contributed by atoms with Gasteiger partial charge in [-0.2, -0.15) is 12.7 Å². The highest BCUT2D eigenvalue weighted by atomic mass is 32.2. The summed E-state index contributed by atoms with van der Waals surface area (Å²) in [5, 5.41) is 0. The number of rotatable bonds is 5. The van der Waals surface area contributed by atoms with Crippen molar-refractivity contribution in [2.75, 3.05) is 19.6 Å². The number of hydrogen-bond donors (Lipinski definition) is 1. The summed E-state index contributed by atoms with van der Waals surface area (Å²) in [4.78, 5) is 10.7. The van der Waals surface area contributed by atoms with Crippen molar-refractivity contribution in [1.29, 1.82) is 0 Å². The van der Waals surface area contributed by atoms with Crippen LogP contribution in [0.25, 0.3) is 0 Å². The van der Waals surface area contributed by atoms with Gasteiger partial charge in [0.2, 0.25) is 0 Å². The Hall–Kier alpha value is -0.460. The molecule has 0 aromatic carbocycles. The van der Waals surface area contributed by atoms with Crippen LogP contribution in [0.5, 0.6) is 0 Å². The molecule has 0 bridgehead atoms. The summed E-state index contributed by atoms with van der Waals surface area (Å²) >= 11 is 0. The fourth-order valence-corrected chi connectivity index (χ4v) is 3.15. The average molecular weight is 248 g/mol. The van der Waals surface area contributed by atoms with Gasteiger partial charge < -0.3 is 4.79 Å². The number of carbonyl (C=O) groups is 1. The van der Waals surface area contributed by atoms with Crippen LogP contribution in [0.15, 0.2) is 0 Å². The van der Waals surface area contributed by atoms with Crippen molar-refractivity contribution in [3.63, 3.8) is 0 Å². The monoisotopic (exact) mass is 248 g/mol. The molecule has 0 aromatic rings. The van der Waals surface area contributed by atoms with Crippen molar-refractivity contribution in [2.45, 2.75) is 26.7 Å². The van der Waals surface area contributed by atoms with E-state index >= 15 is 0 Å². The molecule has 0 saturated carbocycles. The van der Waals surface area contributed by atoms with E-state index in [1.54, 1.807) is 0 Å². The topological polar surface area (TPSA) is 66.5 Å². The summed E-state index contributed by atoms with van der Waals surface area (Å²) in [7, 11) is -3.40. The second-order valence-corrected chi connectivity index (χ2v) is 6.40. The summed E-state index contributed by atoms with van der Waals surface area (Å²) in [6.45, 7) is 5.17. The molecule has 94 valence electrons. The molecule has 6 heteroatoms. The summed E-state index contributed by atoms with van der Waals surface area (Å²) in [6.07, 6.45) is 2.40. The lowest BCUT2D eigenvalue weighted by Gasteiger charge is -2.29. The van der Waals surface area contributed by atoms with Gasteiger partial charge in [-0.05, 0) is 18.8 Å². The molecule has 1 saturated heterocycles. The lowest BCUT2D eigenvalue weighted by atomic mass is 10.0. The maximum Gasteiger partial charge on any atom is 0.279 e. The first-order valence-electron chi connectivity index (χ1n) is 5.65. The zero-order valence-electron chi connectivity index (χ0n) is 9.85. The average Bonchev–Trinajstić information content (AvgIpc) is 2.27. The number of hydrogen-bond acceptors (Lipinski definition) is 3. The first-order valence-corrected chi connectivity index (χ1v) is 7.09. The molecule has 0 amide bonds. The van der Waals surface area contributed by atoms with Crippen LogP contribution in [0.2, 0.25) is 0 Å². The first-order chi connectivity index (χ1) is 7.45. The smallest absolute Gasteiger partial charge is 0.279 e. The molecule has 0 aliphatic carbocycles. The van der Waals surface area contributed by atoms with Gasteiger partial charge in [0.05, 0.1) is 0 Å². The van der Waals surface area contributed by atoms with Crippen LogP contribution in [-0.4, -0.2) is 38.6 Å². The molecule has 0 aromatic heterocycles. The second kappa shape index (κ2) is 5.75. The summed E-state index contributed by atoms with van der Waals surface area (Å²) in [6, 6.07) is 0. The number of aldehydes is 1. The fourth-order valence-electron chi connectivity index (χ4n) is 1.67. The molecule has 0 spiro atoms. The minimum Gasteiger partial charge on any atom is -0.303 e. The fraction of sp³-hybridized carbons (Fsp3) is 0.900. The Balaban J connectivity index is 2.57. The van der Waals surface area contributed by atoms with Gasteiger partial charge in [-0.3, -0.25) is 0 Å². The van der Waals surface area contributed by atoms with Gasteiger partial charge in [0.25, 0.3) is 10.2 Å². The van der Waals surface area contributed by atoms with E-state index in [1.165, 1.54) is 4.31 Å². The molecule has 1 N–H and O–H groups in total. The molecule has 1 rings (SSSR count). The number of nitrogens with zero attached hydrogens (tertiary/aromatic N) is 1. The van der Waals surface area contributed by atoms with Crippen molar-refractivity contribution in [3.05, 3.63) is 0 Å². The molecular weight excluding hydrogens is 228 g/mol. The van der Waals surface area contributed by atoms with E-state index in [9.17, 15) is 13.2 Å². The molecule has 5 nitrogen and oxygen atoms in total. The van der Waals surface area contributed by atoms with Gasteiger partial charge >= 0.3 is 0 Å². The van der Waals surface area contributed by atoms with Gasteiger partial charge in [0.1, 0.15) is 6.29 Å². The van der Waals surface area contributed by atoms with E-state index in [0.717, 1.165) is 19.1 Å². The summed E-state index contributed by atoms with van der Waals surface area (Å²) < 4.78 is 27.6. The Morgan fingerprint density at radius 3 is 2.75 bits per heavy atom.